The van der Waals surface area contributed by atoms with Crippen LogP contribution in [0.3, 0.4) is 0 Å². The zero-order valence-corrected chi connectivity index (χ0v) is 10.9. The van der Waals surface area contributed by atoms with Gasteiger partial charge in [-0.3, -0.25) is 4.90 Å². The molecule has 0 unspecified atom stereocenters. The molecule has 0 atom stereocenters. The Hall–Kier alpha value is -1.30. The Balaban J connectivity index is 2.24. The van der Waals surface area contributed by atoms with Crippen molar-refractivity contribution in [2.24, 2.45) is 0 Å². The minimum atomic E-state index is -0.212. The molecule has 0 heterocycles. The molecular formula is C15H21NO. The normalized spacial score (nSPS) is 11.5. The van der Waals surface area contributed by atoms with Gasteiger partial charge in [-0.15, -0.1) is 6.42 Å². The molecule has 2 nitrogen and oxygen atoms in total. The molecule has 92 valence electrons. The lowest BCUT2D eigenvalue weighted by atomic mass is 10.1. The summed E-state index contributed by atoms with van der Waals surface area (Å²) in [6, 6.07) is 10.2. The van der Waals surface area contributed by atoms with Crippen LogP contribution >= 0.6 is 0 Å². The Labute approximate surface area is 105 Å². The molecule has 17 heavy (non-hydrogen) atoms. The number of benzene rings is 1. The van der Waals surface area contributed by atoms with Gasteiger partial charge >= 0.3 is 0 Å². The first-order chi connectivity index (χ1) is 8.06. The molecule has 0 aliphatic heterocycles. The third-order valence-corrected chi connectivity index (χ3v) is 2.99. The van der Waals surface area contributed by atoms with E-state index in [-0.39, 0.29) is 5.54 Å². The van der Waals surface area contributed by atoms with Gasteiger partial charge in [0.05, 0.1) is 18.8 Å². The number of nitrogens with zero attached hydrogens (tertiary/aromatic N) is 1. The third kappa shape index (κ3) is 4.60. The zero-order chi connectivity index (χ0) is 12.7. The molecule has 0 amide bonds. The standard InChI is InChI=1S/C15H21NO/c1-5-15(2,3)16(4)11-12-17-13-14-9-7-6-8-10-14/h1,6-10H,11-13H2,2-4H3. The van der Waals surface area contributed by atoms with Gasteiger partial charge in [-0.25, -0.2) is 0 Å². The Morgan fingerprint density at radius 1 is 1.29 bits per heavy atom. The van der Waals surface area contributed by atoms with Crippen LogP contribution in [0.4, 0.5) is 0 Å². The second-order valence-electron chi connectivity index (χ2n) is 4.66. The average molecular weight is 231 g/mol. The summed E-state index contributed by atoms with van der Waals surface area (Å²) in [4.78, 5) is 2.12. The summed E-state index contributed by atoms with van der Waals surface area (Å²) in [6.07, 6.45) is 5.47. The lowest BCUT2D eigenvalue weighted by molar-refractivity contribution is 0.0815. The van der Waals surface area contributed by atoms with Crippen LogP contribution < -0.4 is 0 Å². The van der Waals surface area contributed by atoms with Gasteiger partial charge in [-0.1, -0.05) is 36.3 Å². The first kappa shape index (κ1) is 13.8. The molecule has 2 heteroatoms. The van der Waals surface area contributed by atoms with Crippen LogP contribution in [0.15, 0.2) is 30.3 Å². The van der Waals surface area contributed by atoms with Crippen molar-refractivity contribution < 1.29 is 4.74 Å². The number of hydrogen-bond donors (Lipinski definition) is 0. The largest absolute Gasteiger partial charge is 0.375 e. The van der Waals surface area contributed by atoms with Crippen molar-refractivity contribution in [3.63, 3.8) is 0 Å². The monoisotopic (exact) mass is 231 g/mol. The van der Waals surface area contributed by atoms with E-state index in [0.29, 0.717) is 13.2 Å². The van der Waals surface area contributed by atoms with Gasteiger partial charge in [-0.05, 0) is 26.5 Å². The number of terminal acetylenes is 1. The van der Waals surface area contributed by atoms with E-state index >= 15 is 0 Å². The highest BCUT2D eigenvalue weighted by molar-refractivity contribution is 5.13. The van der Waals surface area contributed by atoms with E-state index in [4.69, 9.17) is 11.2 Å². The Bertz CT molecular complexity index is 364. The number of ether oxygens (including phenoxy) is 1. The van der Waals surface area contributed by atoms with Gasteiger partial charge in [0.1, 0.15) is 0 Å². The Kier molecular flexibility index (Phi) is 5.21. The highest BCUT2D eigenvalue weighted by Crippen LogP contribution is 2.09. The van der Waals surface area contributed by atoms with Crippen LogP contribution in [0.5, 0.6) is 0 Å². The minimum Gasteiger partial charge on any atom is -0.375 e. The molecule has 1 aromatic rings. The highest BCUT2D eigenvalue weighted by atomic mass is 16.5. The van der Waals surface area contributed by atoms with E-state index in [1.54, 1.807) is 0 Å². The van der Waals surface area contributed by atoms with Gasteiger partial charge in [0.25, 0.3) is 0 Å². The van der Waals surface area contributed by atoms with Crippen molar-refractivity contribution in [2.75, 3.05) is 20.2 Å². The summed E-state index contributed by atoms with van der Waals surface area (Å²) >= 11 is 0. The van der Waals surface area contributed by atoms with Crippen LogP contribution in [0.1, 0.15) is 19.4 Å². The van der Waals surface area contributed by atoms with Gasteiger partial charge in [0.15, 0.2) is 0 Å². The molecule has 0 radical (unpaired) electrons. The van der Waals surface area contributed by atoms with Crippen LogP contribution in [-0.2, 0) is 11.3 Å². The van der Waals surface area contributed by atoms with E-state index in [1.807, 2.05) is 39.1 Å². The van der Waals surface area contributed by atoms with Crippen molar-refractivity contribution in [2.45, 2.75) is 26.0 Å². The fraction of sp³-hybridized carbons (Fsp3) is 0.467. The molecule has 0 saturated carbocycles. The molecule has 0 spiro atoms. The van der Waals surface area contributed by atoms with Crippen LogP contribution in [-0.4, -0.2) is 30.6 Å². The molecule has 0 bridgehead atoms. The van der Waals surface area contributed by atoms with E-state index in [2.05, 4.69) is 23.0 Å². The van der Waals surface area contributed by atoms with Crippen molar-refractivity contribution in [3.8, 4) is 12.3 Å². The molecule has 0 aromatic heterocycles. The quantitative estimate of drug-likeness (QED) is 0.551. The summed E-state index contributed by atoms with van der Waals surface area (Å²) in [7, 11) is 2.02. The maximum Gasteiger partial charge on any atom is 0.0764 e. The molecule has 1 rings (SSSR count). The number of likely N-dealkylation sites (N-methyl/N-ethyl adjacent to an activating group) is 1. The summed E-state index contributed by atoms with van der Waals surface area (Å²) in [5.74, 6) is 2.77. The number of hydrogen-bond acceptors (Lipinski definition) is 2. The molecule has 1 aromatic carbocycles. The first-order valence-corrected chi connectivity index (χ1v) is 5.87. The third-order valence-electron chi connectivity index (χ3n) is 2.99. The number of rotatable bonds is 6. The average Bonchev–Trinajstić information content (AvgIpc) is 2.35. The summed E-state index contributed by atoms with van der Waals surface area (Å²) in [6.45, 7) is 6.25. The summed E-state index contributed by atoms with van der Waals surface area (Å²) in [5, 5.41) is 0. The molecular weight excluding hydrogens is 210 g/mol. The van der Waals surface area contributed by atoms with Gasteiger partial charge in [0, 0.05) is 6.54 Å². The summed E-state index contributed by atoms with van der Waals surface area (Å²) < 4.78 is 5.62. The Morgan fingerprint density at radius 3 is 2.53 bits per heavy atom. The van der Waals surface area contributed by atoms with Crippen LogP contribution in [0, 0.1) is 12.3 Å². The molecule has 0 fully saturated rings. The predicted octanol–water partition coefficient (Wildman–Crippen LogP) is 2.55. The lowest BCUT2D eigenvalue weighted by Gasteiger charge is -2.30. The van der Waals surface area contributed by atoms with Crippen molar-refractivity contribution in [1.29, 1.82) is 0 Å². The fourth-order valence-corrected chi connectivity index (χ4v) is 1.36. The first-order valence-electron chi connectivity index (χ1n) is 5.87. The second kappa shape index (κ2) is 6.44. The zero-order valence-electron chi connectivity index (χ0n) is 10.9. The highest BCUT2D eigenvalue weighted by Gasteiger charge is 2.19. The van der Waals surface area contributed by atoms with E-state index in [0.717, 1.165) is 6.54 Å². The van der Waals surface area contributed by atoms with Crippen molar-refractivity contribution >= 4 is 0 Å². The molecule has 0 aliphatic carbocycles. The second-order valence-corrected chi connectivity index (χ2v) is 4.66. The van der Waals surface area contributed by atoms with E-state index < -0.39 is 0 Å². The SMILES string of the molecule is C#CC(C)(C)N(C)CCOCc1ccccc1. The van der Waals surface area contributed by atoms with E-state index in [9.17, 15) is 0 Å². The van der Waals surface area contributed by atoms with Crippen molar-refractivity contribution in [3.05, 3.63) is 35.9 Å². The fourth-order valence-electron chi connectivity index (χ4n) is 1.36. The lowest BCUT2D eigenvalue weighted by Crippen LogP contribution is -2.41. The Morgan fingerprint density at radius 2 is 1.94 bits per heavy atom. The van der Waals surface area contributed by atoms with E-state index in [1.165, 1.54) is 5.56 Å². The van der Waals surface area contributed by atoms with Gasteiger partial charge < -0.3 is 4.74 Å². The maximum atomic E-state index is 5.62. The van der Waals surface area contributed by atoms with Crippen molar-refractivity contribution in [1.82, 2.24) is 4.90 Å². The van der Waals surface area contributed by atoms with Crippen LogP contribution in [0.25, 0.3) is 0 Å². The molecule has 0 aliphatic rings. The smallest absolute Gasteiger partial charge is 0.0764 e. The maximum absolute atomic E-state index is 5.62. The predicted molar refractivity (Wildman–Crippen MR) is 71.6 cm³/mol. The molecule has 0 N–H and O–H groups in total. The summed E-state index contributed by atoms with van der Waals surface area (Å²) in [5.41, 5.74) is 0.988. The molecule has 0 saturated heterocycles. The topological polar surface area (TPSA) is 12.5 Å². The van der Waals surface area contributed by atoms with Crippen LogP contribution in [0.2, 0.25) is 0 Å². The minimum absolute atomic E-state index is 0.212. The van der Waals surface area contributed by atoms with Gasteiger partial charge in [-0.2, -0.15) is 0 Å². The van der Waals surface area contributed by atoms with Gasteiger partial charge in [0.2, 0.25) is 0 Å².